The van der Waals surface area contributed by atoms with Crippen LogP contribution in [-0.2, 0) is 0 Å². The van der Waals surface area contributed by atoms with Crippen LogP contribution in [0.5, 0.6) is 0 Å². The van der Waals surface area contributed by atoms with E-state index in [2.05, 4.69) is 31.0 Å². The average Bonchev–Trinajstić information content (AvgIpc) is 2.39. The second-order valence-electron chi connectivity index (χ2n) is 6.21. The molecule has 1 aliphatic heterocycles. The van der Waals surface area contributed by atoms with Crippen molar-refractivity contribution in [3.63, 3.8) is 0 Å². The number of hydrogen-bond acceptors (Lipinski definition) is 2. The minimum absolute atomic E-state index is 0.398. The highest BCUT2D eigenvalue weighted by molar-refractivity contribution is 4.96. The molecule has 1 heterocycles. The normalized spacial score (nSPS) is 34.8. The van der Waals surface area contributed by atoms with Crippen LogP contribution in [0.25, 0.3) is 0 Å². The molecular formula is C15H30N2. The molecule has 2 nitrogen and oxygen atoms in total. The van der Waals surface area contributed by atoms with Crippen LogP contribution >= 0.6 is 0 Å². The molecule has 100 valence electrons. The summed E-state index contributed by atoms with van der Waals surface area (Å²) >= 11 is 0. The summed E-state index contributed by atoms with van der Waals surface area (Å²) in [6.45, 7) is 10.9. The Morgan fingerprint density at radius 3 is 2.53 bits per heavy atom. The van der Waals surface area contributed by atoms with Crippen molar-refractivity contribution in [3.05, 3.63) is 0 Å². The molecule has 2 heteroatoms. The van der Waals surface area contributed by atoms with Gasteiger partial charge in [0.25, 0.3) is 0 Å². The largest absolute Gasteiger partial charge is 0.309 e. The summed E-state index contributed by atoms with van der Waals surface area (Å²) in [6, 6.07) is 0.864. The Kier molecular flexibility index (Phi) is 4.48. The molecular weight excluding hydrogens is 208 g/mol. The Labute approximate surface area is 107 Å². The fraction of sp³-hybridized carbons (Fsp3) is 1.00. The lowest BCUT2D eigenvalue weighted by Gasteiger charge is -2.48. The number of piperazine rings is 1. The van der Waals surface area contributed by atoms with E-state index in [1.54, 1.807) is 0 Å². The van der Waals surface area contributed by atoms with Crippen molar-refractivity contribution in [2.45, 2.75) is 70.9 Å². The first kappa shape index (κ1) is 13.4. The summed E-state index contributed by atoms with van der Waals surface area (Å²) in [7, 11) is 0. The third kappa shape index (κ3) is 2.85. The van der Waals surface area contributed by atoms with E-state index in [0.717, 1.165) is 12.0 Å². The van der Waals surface area contributed by atoms with Crippen molar-refractivity contribution in [2.24, 2.45) is 5.92 Å². The molecule has 2 rings (SSSR count). The molecule has 2 fully saturated rings. The summed E-state index contributed by atoms with van der Waals surface area (Å²) in [6.07, 6.45) is 8.31. The lowest BCUT2D eigenvalue weighted by atomic mass is 9.82. The van der Waals surface area contributed by atoms with Gasteiger partial charge in [-0.1, -0.05) is 33.6 Å². The summed E-state index contributed by atoms with van der Waals surface area (Å²) in [4.78, 5) is 2.80. The van der Waals surface area contributed by atoms with Crippen LogP contribution in [0.15, 0.2) is 0 Å². The van der Waals surface area contributed by atoms with Gasteiger partial charge in [-0.2, -0.15) is 0 Å². The molecule has 0 amide bonds. The maximum absolute atomic E-state index is 3.77. The summed E-state index contributed by atoms with van der Waals surface area (Å²) in [5, 5.41) is 3.77. The molecule has 1 N–H and O–H groups in total. The van der Waals surface area contributed by atoms with Gasteiger partial charge >= 0.3 is 0 Å². The highest BCUT2D eigenvalue weighted by Crippen LogP contribution is 2.31. The maximum atomic E-state index is 3.77. The van der Waals surface area contributed by atoms with Crippen LogP contribution < -0.4 is 5.32 Å². The predicted octanol–water partition coefficient (Wildman–Crippen LogP) is 3.03. The smallest absolute Gasteiger partial charge is 0.0304 e. The van der Waals surface area contributed by atoms with Gasteiger partial charge in [0.15, 0.2) is 0 Å². The number of hydrogen-bond donors (Lipinski definition) is 1. The van der Waals surface area contributed by atoms with Crippen LogP contribution in [0.2, 0.25) is 0 Å². The molecule has 0 spiro atoms. The van der Waals surface area contributed by atoms with E-state index < -0.39 is 0 Å². The van der Waals surface area contributed by atoms with Gasteiger partial charge in [-0.15, -0.1) is 0 Å². The Morgan fingerprint density at radius 1 is 1.18 bits per heavy atom. The van der Waals surface area contributed by atoms with Crippen molar-refractivity contribution >= 4 is 0 Å². The van der Waals surface area contributed by atoms with Gasteiger partial charge < -0.3 is 5.32 Å². The van der Waals surface area contributed by atoms with Crippen molar-refractivity contribution in [1.29, 1.82) is 0 Å². The molecule has 0 aromatic heterocycles. The maximum Gasteiger partial charge on any atom is 0.0304 e. The van der Waals surface area contributed by atoms with Crippen molar-refractivity contribution in [3.8, 4) is 0 Å². The number of rotatable bonds is 3. The molecule has 0 aromatic rings. The SMILES string of the molecule is CCC1(CC)CN(C2CCCCC2C)CCN1. The third-order valence-electron chi connectivity index (χ3n) is 5.29. The molecule has 0 bridgehead atoms. The van der Waals surface area contributed by atoms with Crippen LogP contribution in [0, 0.1) is 5.92 Å². The average molecular weight is 238 g/mol. The lowest BCUT2D eigenvalue weighted by molar-refractivity contribution is 0.0450. The Morgan fingerprint density at radius 2 is 1.88 bits per heavy atom. The van der Waals surface area contributed by atoms with E-state index in [0.29, 0.717) is 5.54 Å². The molecule has 1 aliphatic carbocycles. The Bertz CT molecular complexity index is 235. The number of nitrogens with one attached hydrogen (secondary N) is 1. The molecule has 1 saturated carbocycles. The standard InChI is InChI=1S/C15H30N2/c1-4-15(5-2)12-17(11-10-16-15)14-9-7-6-8-13(14)3/h13-14,16H,4-12H2,1-3H3. The van der Waals surface area contributed by atoms with Crippen molar-refractivity contribution in [2.75, 3.05) is 19.6 Å². The molecule has 0 radical (unpaired) electrons. The van der Waals surface area contributed by atoms with Gasteiger partial charge in [-0.05, 0) is 31.6 Å². The molecule has 2 aliphatic rings. The second-order valence-corrected chi connectivity index (χ2v) is 6.21. The van der Waals surface area contributed by atoms with E-state index in [1.165, 1.54) is 58.2 Å². The zero-order valence-corrected chi connectivity index (χ0v) is 12.0. The monoisotopic (exact) mass is 238 g/mol. The Hall–Kier alpha value is -0.0800. The van der Waals surface area contributed by atoms with Crippen molar-refractivity contribution < 1.29 is 0 Å². The molecule has 2 unspecified atom stereocenters. The summed E-state index contributed by atoms with van der Waals surface area (Å²) in [5.41, 5.74) is 0.398. The minimum Gasteiger partial charge on any atom is -0.309 e. The molecule has 1 saturated heterocycles. The zero-order valence-electron chi connectivity index (χ0n) is 12.0. The summed E-state index contributed by atoms with van der Waals surface area (Å²) < 4.78 is 0. The van der Waals surface area contributed by atoms with Crippen molar-refractivity contribution in [1.82, 2.24) is 10.2 Å². The van der Waals surface area contributed by atoms with Gasteiger partial charge in [0.05, 0.1) is 0 Å². The fourth-order valence-electron chi connectivity index (χ4n) is 3.83. The van der Waals surface area contributed by atoms with Crippen LogP contribution in [-0.4, -0.2) is 36.1 Å². The molecule has 2 atom stereocenters. The number of nitrogens with zero attached hydrogens (tertiary/aromatic N) is 1. The van der Waals surface area contributed by atoms with Gasteiger partial charge in [0.2, 0.25) is 0 Å². The molecule has 17 heavy (non-hydrogen) atoms. The van der Waals surface area contributed by atoms with Crippen LogP contribution in [0.4, 0.5) is 0 Å². The van der Waals surface area contributed by atoms with E-state index >= 15 is 0 Å². The van der Waals surface area contributed by atoms with Gasteiger partial charge in [0.1, 0.15) is 0 Å². The third-order valence-corrected chi connectivity index (χ3v) is 5.29. The highest BCUT2D eigenvalue weighted by atomic mass is 15.2. The van der Waals surface area contributed by atoms with Crippen LogP contribution in [0.1, 0.15) is 59.3 Å². The van der Waals surface area contributed by atoms with E-state index in [4.69, 9.17) is 0 Å². The summed E-state index contributed by atoms with van der Waals surface area (Å²) in [5.74, 6) is 0.910. The lowest BCUT2D eigenvalue weighted by Crippen LogP contribution is -2.62. The highest BCUT2D eigenvalue weighted by Gasteiger charge is 2.36. The van der Waals surface area contributed by atoms with E-state index in [9.17, 15) is 0 Å². The topological polar surface area (TPSA) is 15.3 Å². The fourth-order valence-corrected chi connectivity index (χ4v) is 3.83. The van der Waals surface area contributed by atoms with Crippen LogP contribution in [0.3, 0.4) is 0 Å². The van der Waals surface area contributed by atoms with Gasteiger partial charge in [-0.3, -0.25) is 4.90 Å². The minimum atomic E-state index is 0.398. The quantitative estimate of drug-likeness (QED) is 0.813. The predicted molar refractivity (Wildman–Crippen MR) is 74.3 cm³/mol. The van der Waals surface area contributed by atoms with E-state index in [-0.39, 0.29) is 0 Å². The first-order valence-corrected chi connectivity index (χ1v) is 7.70. The van der Waals surface area contributed by atoms with Gasteiger partial charge in [-0.25, -0.2) is 0 Å². The first-order valence-electron chi connectivity index (χ1n) is 7.70. The zero-order chi connectivity index (χ0) is 12.3. The van der Waals surface area contributed by atoms with E-state index in [1.807, 2.05) is 0 Å². The Balaban J connectivity index is 2.00. The van der Waals surface area contributed by atoms with Gasteiger partial charge in [0, 0.05) is 31.2 Å². The molecule has 0 aromatic carbocycles. The second kappa shape index (κ2) is 5.71. The first-order chi connectivity index (χ1) is 8.21.